The summed E-state index contributed by atoms with van der Waals surface area (Å²) in [5, 5.41) is 2.89. The topological polar surface area (TPSA) is 104 Å². The minimum absolute atomic E-state index is 0.0672. The van der Waals surface area contributed by atoms with Crippen molar-refractivity contribution in [2.24, 2.45) is 0 Å². The minimum Gasteiger partial charge on any atom is -0.465 e. The van der Waals surface area contributed by atoms with Gasteiger partial charge in [0.2, 0.25) is 0 Å². The largest absolute Gasteiger partial charge is 0.465 e. The van der Waals surface area contributed by atoms with Gasteiger partial charge in [-0.1, -0.05) is 12.1 Å². The number of nitrogens with one attached hydrogen (secondary N) is 1. The lowest BCUT2D eigenvalue weighted by Crippen LogP contribution is -2.15. The first-order valence-electron chi connectivity index (χ1n) is 7.13. The maximum Gasteiger partial charge on any atom is 0.358 e. The molecule has 1 aromatic carbocycles. The number of aromatic nitrogens is 1. The zero-order chi connectivity index (χ0) is 18.4. The van der Waals surface area contributed by atoms with E-state index >= 15 is 0 Å². The van der Waals surface area contributed by atoms with E-state index in [0.717, 1.165) is 0 Å². The van der Waals surface area contributed by atoms with Crippen molar-refractivity contribution < 1.29 is 28.6 Å². The summed E-state index contributed by atoms with van der Waals surface area (Å²) >= 11 is 0. The number of ether oxygens (including phenoxy) is 3. The highest BCUT2D eigenvalue weighted by atomic mass is 16.5. The molecule has 0 spiro atoms. The Balaban J connectivity index is 2.60. The van der Waals surface area contributed by atoms with Gasteiger partial charge in [-0.25, -0.2) is 19.4 Å². The number of hydrogen-bond acceptors (Lipinski definition) is 8. The van der Waals surface area contributed by atoms with Crippen LogP contribution in [0.25, 0.3) is 0 Å². The molecular formula is C17H16N2O6. The molecule has 0 fully saturated rings. The van der Waals surface area contributed by atoms with E-state index in [1.165, 1.54) is 33.6 Å². The number of nitrogens with zero attached hydrogens (tertiary/aromatic N) is 1. The van der Waals surface area contributed by atoms with Gasteiger partial charge in [-0.15, -0.1) is 0 Å². The summed E-state index contributed by atoms with van der Waals surface area (Å²) in [7, 11) is 3.66. The van der Waals surface area contributed by atoms with E-state index in [4.69, 9.17) is 14.2 Å². The maximum atomic E-state index is 12.0. The molecule has 0 atom stereocenters. The van der Waals surface area contributed by atoms with E-state index in [0.29, 0.717) is 5.69 Å². The van der Waals surface area contributed by atoms with Crippen LogP contribution in [0.5, 0.6) is 0 Å². The normalized spacial score (nSPS) is 9.88. The SMILES string of the molecule is COC(=O)c1ccccc1Nc1c(C(=O)OC)ccnc1C(=O)OC. The van der Waals surface area contributed by atoms with E-state index < -0.39 is 17.9 Å². The first kappa shape index (κ1) is 17.9. The van der Waals surface area contributed by atoms with Crippen LogP contribution in [0.15, 0.2) is 36.5 Å². The van der Waals surface area contributed by atoms with Crippen molar-refractivity contribution in [1.82, 2.24) is 4.98 Å². The average Bonchev–Trinajstić information content (AvgIpc) is 2.66. The van der Waals surface area contributed by atoms with Crippen molar-refractivity contribution in [2.45, 2.75) is 0 Å². The van der Waals surface area contributed by atoms with E-state index in [9.17, 15) is 14.4 Å². The number of carbonyl (C=O) groups is 3. The molecule has 1 aromatic heterocycles. The predicted molar refractivity (Wildman–Crippen MR) is 88.0 cm³/mol. The van der Waals surface area contributed by atoms with E-state index in [2.05, 4.69) is 10.3 Å². The Hall–Kier alpha value is -3.42. The van der Waals surface area contributed by atoms with Crippen molar-refractivity contribution in [3.63, 3.8) is 0 Å². The van der Waals surface area contributed by atoms with Gasteiger partial charge >= 0.3 is 17.9 Å². The highest BCUT2D eigenvalue weighted by molar-refractivity contribution is 6.05. The summed E-state index contributed by atoms with van der Waals surface area (Å²) < 4.78 is 14.2. The van der Waals surface area contributed by atoms with E-state index in [1.54, 1.807) is 24.3 Å². The van der Waals surface area contributed by atoms with Crippen molar-refractivity contribution in [2.75, 3.05) is 26.6 Å². The zero-order valence-electron chi connectivity index (χ0n) is 13.9. The molecule has 0 bridgehead atoms. The van der Waals surface area contributed by atoms with Crippen LogP contribution in [0.2, 0.25) is 0 Å². The predicted octanol–water partition coefficient (Wildman–Crippen LogP) is 2.18. The second kappa shape index (κ2) is 7.91. The second-order valence-corrected chi connectivity index (χ2v) is 4.73. The monoisotopic (exact) mass is 344 g/mol. The molecule has 0 amide bonds. The molecule has 0 unspecified atom stereocenters. The zero-order valence-corrected chi connectivity index (χ0v) is 13.9. The average molecular weight is 344 g/mol. The summed E-state index contributed by atoms with van der Waals surface area (Å²) in [6.07, 6.45) is 1.29. The van der Waals surface area contributed by atoms with Gasteiger partial charge in [-0.3, -0.25) is 0 Å². The molecule has 2 aromatic rings. The first-order valence-corrected chi connectivity index (χ1v) is 7.13. The molecule has 2 rings (SSSR count). The molecule has 0 aliphatic carbocycles. The van der Waals surface area contributed by atoms with Crippen LogP contribution >= 0.6 is 0 Å². The molecule has 25 heavy (non-hydrogen) atoms. The molecule has 0 radical (unpaired) electrons. The van der Waals surface area contributed by atoms with Gasteiger partial charge in [0.05, 0.1) is 43.8 Å². The number of esters is 3. The molecule has 1 N–H and O–H groups in total. The van der Waals surface area contributed by atoms with Crippen molar-refractivity contribution >= 4 is 29.3 Å². The molecule has 130 valence electrons. The van der Waals surface area contributed by atoms with Crippen molar-refractivity contribution in [3.8, 4) is 0 Å². The maximum absolute atomic E-state index is 12.0. The Morgan fingerprint density at radius 1 is 0.840 bits per heavy atom. The fourth-order valence-corrected chi connectivity index (χ4v) is 2.13. The number of methoxy groups -OCH3 is 3. The number of hydrogen-bond donors (Lipinski definition) is 1. The third-order valence-electron chi connectivity index (χ3n) is 3.33. The van der Waals surface area contributed by atoms with E-state index in [1.807, 2.05) is 0 Å². The van der Waals surface area contributed by atoms with Gasteiger partial charge in [0.15, 0.2) is 5.69 Å². The van der Waals surface area contributed by atoms with Gasteiger partial charge in [-0.2, -0.15) is 0 Å². The van der Waals surface area contributed by atoms with Crippen LogP contribution in [-0.2, 0) is 14.2 Å². The van der Waals surface area contributed by atoms with Crippen LogP contribution in [-0.4, -0.2) is 44.2 Å². The Morgan fingerprint density at radius 3 is 2.08 bits per heavy atom. The van der Waals surface area contributed by atoms with Crippen LogP contribution in [0.3, 0.4) is 0 Å². The van der Waals surface area contributed by atoms with Crippen LogP contribution in [0, 0.1) is 0 Å². The second-order valence-electron chi connectivity index (χ2n) is 4.73. The van der Waals surface area contributed by atoms with Crippen molar-refractivity contribution in [3.05, 3.63) is 53.3 Å². The number of anilines is 2. The Kier molecular flexibility index (Phi) is 5.67. The standard InChI is InChI=1S/C17H16N2O6/c1-23-15(20)10-6-4-5-7-12(10)19-13-11(16(21)24-2)8-9-18-14(13)17(22)25-3/h4-9,19H,1-3H3. The number of carbonyl (C=O) groups excluding carboxylic acids is 3. The molecular weight excluding hydrogens is 328 g/mol. The lowest BCUT2D eigenvalue weighted by molar-refractivity contribution is 0.0587. The lowest BCUT2D eigenvalue weighted by atomic mass is 10.1. The molecule has 8 heteroatoms. The van der Waals surface area contributed by atoms with Gasteiger partial charge in [0.1, 0.15) is 0 Å². The molecule has 0 aliphatic rings. The molecule has 0 saturated heterocycles. The third kappa shape index (κ3) is 3.74. The van der Waals surface area contributed by atoms with E-state index in [-0.39, 0.29) is 22.5 Å². The van der Waals surface area contributed by atoms with Crippen LogP contribution in [0.4, 0.5) is 11.4 Å². The van der Waals surface area contributed by atoms with Crippen molar-refractivity contribution in [1.29, 1.82) is 0 Å². The first-order chi connectivity index (χ1) is 12.0. The molecule has 0 aliphatic heterocycles. The summed E-state index contributed by atoms with van der Waals surface area (Å²) in [4.78, 5) is 39.9. The molecule has 8 nitrogen and oxygen atoms in total. The molecule has 0 saturated carbocycles. The summed E-state index contributed by atoms with van der Waals surface area (Å²) in [5.41, 5.74) is 0.568. The van der Waals surface area contributed by atoms with Gasteiger partial charge in [0, 0.05) is 6.20 Å². The number of pyridine rings is 1. The number of rotatable bonds is 5. The highest BCUT2D eigenvalue weighted by Crippen LogP contribution is 2.27. The number of benzene rings is 1. The fraction of sp³-hybridized carbons (Fsp3) is 0.176. The van der Waals surface area contributed by atoms with Crippen LogP contribution < -0.4 is 5.32 Å². The minimum atomic E-state index is -0.746. The van der Waals surface area contributed by atoms with Gasteiger partial charge in [-0.05, 0) is 18.2 Å². The molecule has 1 heterocycles. The Morgan fingerprint density at radius 2 is 1.44 bits per heavy atom. The van der Waals surface area contributed by atoms with Crippen LogP contribution in [0.1, 0.15) is 31.2 Å². The smallest absolute Gasteiger partial charge is 0.358 e. The quantitative estimate of drug-likeness (QED) is 0.650. The Bertz CT molecular complexity index is 784. The summed E-state index contributed by atoms with van der Waals surface area (Å²) in [6.45, 7) is 0. The Labute approximate surface area is 143 Å². The third-order valence-corrected chi connectivity index (χ3v) is 3.33. The van der Waals surface area contributed by atoms with Gasteiger partial charge < -0.3 is 19.5 Å². The lowest BCUT2D eigenvalue weighted by Gasteiger charge is -2.15. The number of para-hydroxylation sites is 1. The summed E-state index contributed by atoms with van der Waals surface area (Å²) in [6, 6.07) is 7.87. The summed E-state index contributed by atoms with van der Waals surface area (Å²) in [5.74, 6) is -2.00. The fourth-order valence-electron chi connectivity index (χ4n) is 2.13. The van der Waals surface area contributed by atoms with Gasteiger partial charge in [0.25, 0.3) is 0 Å². The highest BCUT2D eigenvalue weighted by Gasteiger charge is 2.23.